The van der Waals surface area contributed by atoms with Crippen LogP contribution in [0.5, 0.6) is 0 Å². The highest BCUT2D eigenvalue weighted by atomic mass is 16.6. The van der Waals surface area contributed by atoms with Gasteiger partial charge in [0.25, 0.3) is 0 Å². The van der Waals surface area contributed by atoms with Crippen molar-refractivity contribution >= 4 is 17.7 Å². The van der Waals surface area contributed by atoms with Crippen LogP contribution in [0.1, 0.15) is 23.7 Å². The lowest BCUT2D eigenvalue weighted by Crippen LogP contribution is -2.20. The van der Waals surface area contributed by atoms with Crippen LogP contribution in [0.3, 0.4) is 0 Å². The largest absolute Gasteiger partial charge is 0.410 e. The second kappa shape index (κ2) is 5.65. The molecule has 0 fully saturated rings. The number of benzene rings is 1. The lowest BCUT2D eigenvalue weighted by Gasteiger charge is -2.02. The van der Waals surface area contributed by atoms with Gasteiger partial charge in [0.1, 0.15) is 0 Å². The number of hydrogen-bond donors (Lipinski definition) is 1. The Morgan fingerprint density at radius 3 is 2.44 bits per heavy atom. The number of oxime groups is 1. The number of carbonyl (C=O) groups is 2. The molecule has 0 spiro atoms. The number of carbonyl (C=O) groups excluding carboxylic acids is 2. The van der Waals surface area contributed by atoms with E-state index in [1.807, 2.05) is 0 Å². The van der Waals surface area contributed by atoms with Crippen LogP contribution in [0.15, 0.2) is 35.5 Å². The summed E-state index contributed by atoms with van der Waals surface area (Å²) in [4.78, 5) is 22.7. The highest BCUT2D eigenvalue weighted by molar-refractivity contribution is 6.38. The summed E-state index contributed by atoms with van der Waals surface area (Å²) in [5, 5.41) is 11.2. The maximum Gasteiger partial charge on any atom is 0.363 e. The second-order valence-electron chi connectivity index (χ2n) is 2.94. The quantitative estimate of drug-likeness (QED) is 0.276. The third kappa shape index (κ3) is 2.91. The highest BCUT2D eigenvalue weighted by Gasteiger charge is 2.17. The SMILES string of the molecule is CCC(=NO)C(=O)OC(=O)c1ccccc1. The highest BCUT2D eigenvalue weighted by Crippen LogP contribution is 2.02. The van der Waals surface area contributed by atoms with Crippen molar-refractivity contribution in [1.29, 1.82) is 0 Å². The van der Waals surface area contributed by atoms with Gasteiger partial charge in [-0.05, 0) is 18.6 Å². The number of esters is 2. The Kier molecular flexibility index (Phi) is 4.20. The summed E-state index contributed by atoms with van der Waals surface area (Å²) in [6, 6.07) is 8.10. The maximum atomic E-state index is 11.4. The van der Waals surface area contributed by atoms with Crippen LogP contribution in [0, 0.1) is 0 Å². The molecule has 1 aromatic rings. The van der Waals surface area contributed by atoms with Crippen LogP contribution in [0.25, 0.3) is 0 Å². The van der Waals surface area contributed by atoms with E-state index >= 15 is 0 Å². The van der Waals surface area contributed by atoms with E-state index in [1.54, 1.807) is 25.1 Å². The molecule has 0 atom stereocenters. The van der Waals surface area contributed by atoms with Crippen molar-refractivity contribution in [1.82, 2.24) is 0 Å². The zero-order chi connectivity index (χ0) is 12.0. The van der Waals surface area contributed by atoms with Crippen LogP contribution in [-0.2, 0) is 9.53 Å². The molecule has 5 nitrogen and oxygen atoms in total. The molecular formula is C11H11NO4. The number of nitrogens with zero attached hydrogens (tertiary/aromatic N) is 1. The van der Waals surface area contributed by atoms with Gasteiger partial charge in [0.15, 0.2) is 5.71 Å². The van der Waals surface area contributed by atoms with Gasteiger partial charge in [-0.15, -0.1) is 0 Å². The molecule has 0 heterocycles. The van der Waals surface area contributed by atoms with Gasteiger partial charge in [-0.1, -0.05) is 30.3 Å². The van der Waals surface area contributed by atoms with Gasteiger partial charge in [0.05, 0.1) is 5.56 Å². The molecule has 0 aromatic heterocycles. The van der Waals surface area contributed by atoms with Crippen molar-refractivity contribution < 1.29 is 19.5 Å². The molecule has 1 N–H and O–H groups in total. The summed E-state index contributed by atoms with van der Waals surface area (Å²) in [6.07, 6.45) is 0.192. The second-order valence-corrected chi connectivity index (χ2v) is 2.94. The maximum absolute atomic E-state index is 11.4. The molecule has 16 heavy (non-hydrogen) atoms. The predicted octanol–water partition coefficient (Wildman–Crippen LogP) is 1.61. The van der Waals surface area contributed by atoms with E-state index in [2.05, 4.69) is 9.89 Å². The first-order valence-corrected chi connectivity index (χ1v) is 4.71. The molecule has 0 unspecified atom stereocenters. The zero-order valence-electron chi connectivity index (χ0n) is 8.71. The predicted molar refractivity (Wildman–Crippen MR) is 56.4 cm³/mol. The Morgan fingerprint density at radius 2 is 1.94 bits per heavy atom. The summed E-state index contributed by atoms with van der Waals surface area (Å²) in [7, 11) is 0. The zero-order valence-corrected chi connectivity index (χ0v) is 8.71. The van der Waals surface area contributed by atoms with Crippen molar-refractivity contribution in [2.24, 2.45) is 5.16 Å². The normalized spacial score (nSPS) is 10.9. The minimum Gasteiger partial charge on any atom is -0.410 e. The standard InChI is InChI=1S/C11H11NO4/c1-2-9(12-15)11(14)16-10(13)8-6-4-3-5-7-8/h3-7,15H,2H2,1H3. The smallest absolute Gasteiger partial charge is 0.363 e. The summed E-state index contributed by atoms with van der Waals surface area (Å²) in [5.74, 6) is -1.70. The fourth-order valence-corrected chi connectivity index (χ4v) is 1.03. The summed E-state index contributed by atoms with van der Waals surface area (Å²) in [5.41, 5.74) is 0.0773. The number of ether oxygens (including phenoxy) is 1. The van der Waals surface area contributed by atoms with Gasteiger partial charge in [-0.25, -0.2) is 9.59 Å². The van der Waals surface area contributed by atoms with E-state index in [-0.39, 0.29) is 17.7 Å². The molecule has 0 aliphatic carbocycles. The Morgan fingerprint density at radius 1 is 1.31 bits per heavy atom. The molecule has 0 radical (unpaired) electrons. The average Bonchev–Trinajstić information content (AvgIpc) is 2.31. The molecule has 5 heteroatoms. The Bertz CT molecular complexity index is 411. The van der Waals surface area contributed by atoms with Crippen LogP contribution in [0.4, 0.5) is 0 Å². The van der Waals surface area contributed by atoms with Crippen molar-refractivity contribution in [2.75, 3.05) is 0 Å². The van der Waals surface area contributed by atoms with Crippen LogP contribution >= 0.6 is 0 Å². The van der Waals surface area contributed by atoms with E-state index in [9.17, 15) is 9.59 Å². The molecule has 1 aromatic carbocycles. The van der Waals surface area contributed by atoms with E-state index in [1.165, 1.54) is 12.1 Å². The van der Waals surface area contributed by atoms with Crippen LogP contribution in [0.2, 0.25) is 0 Å². The van der Waals surface area contributed by atoms with Gasteiger partial charge in [0.2, 0.25) is 0 Å². The molecule has 0 saturated carbocycles. The first kappa shape index (κ1) is 11.9. The van der Waals surface area contributed by atoms with Crippen molar-refractivity contribution in [3.63, 3.8) is 0 Å². The topological polar surface area (TPSA) is 76.0 Å². The van der Waals surface area contributed by atoms with Gasteiger partial charge >= 0.3 is 11.9 Å². The Hall–Kier alpha value is -2.17. The molecule has 1 rings (SSSR count). The molecule has 0 saturated heterocycles. The van der Waals surface area contributed by atoms with Gasteiger partial charge < -0.3 is 9.94 Å². The summed E-state index contributed by atoms with van der Waals surface area (Å²) >= 11 is 0. The molecule has 0 amide bonds. The lowest BCUT2D eigenvalue weighted by molar-refractivity contribution is -0.130. The summed E-state index contributed by atoms with van der Waals surface area (Å²) in [6.45, 7) is 1.61. The van der Waals surface area contributed by atoms with Crippen molar-refractivity contribution in [2.45, 2.75) is 13.3 Å². The first-order chi connectivity index (χ1) is 7.69. The minimum atomic E-state index is -0.932. The molecule has 0 aliphatic heterocycles. The van der Waals surface area contributed by atoms with E-state index in [4.69, 9.17) is 5.21 Å². The fraction of sp³-hybridized carbons (Fsp3) is 0.182. The van der Waals surface area contributed by atoms with E-state index < -0.39 is 11.9 Å². The minimum absolute atomic E-state index is 0.190. The van der Waals surface area contributed by atoms with E-state index in [0.717, 1.165) is 0 Å². The lowest BCUT2D eigenvalue weighted by atomic mass is 10.2. The fourth-order valence-electron chi connectivity index (χ4n) is 1.03. The molecule has 0 bridgehead atoms. The van der Waals surface area contributed by atoms with E-state index in [0.29, 0.717) is 0 Å². The Labute approximate surface area is 92.3 Å². The number of hydrogen-bond acceptors (Lipinski definition) is 5. The third-order valence-corrected chi connectivity index (χ3v) is 1.89. The van der Waals surface area contributed by atoms with Crippen molar-refractivity contribution in [3.05, 3.63) is 35.9 Å². The van der Waals surface area contributed by atoms with Crippen LogP contribution < -0.4 is 0 Å². The Balaban J connectivity index is 2.69. The number of rotatable bonds is 3. The van der Waals surface area contributed by atoms with Gasteiger partial charge in [0, 0.05) is 0 Å². The molecule has 84 valence electrons. The summed E-state index contributed by atoms with van der Waals surface area (Å²) < 4.78 is 4.51. The van der Waals surface area contributed by atoms with Crippen LogP contribution in [-0.4, -0.2) is 22.9 Å². The van der Waals surface area contributed by atoms with Gasteiger partial charge in [-0.2, -0.15) is 0 Å². The molecular weight excluding hydrogens is 210 g/mol. The average molecular weight is 221 g/mol. The van der Waals surface area contributed by atoms with Gasteiger partial charge in [-0.3, -0.25) is 0 Å². The third-order valence-electron chi connectivity index (χ3n) is 1.89. The monoisotopic (exact) mass is 221 g/mol. The molecule has 0 aliphatic rings. The van der Waals surface area contributed by atoms with Crippen molar-refractivity contribution in [3.8, 4) is 0 Å². The first-order valence-electron chi connectivity index (χ1n) is 4.71.